The maximum atomic E-state index is 13.3. The molecule has 4 aromatic carbocycles. The number of carbonyl (C=O) groups excluding carboxylic acids is 3. The van der Waals surface area contributed by atoms with E-state index in [2.05, 4.69) is 25.9 Å². The van der Waals surface area contributed by atoms with Gasteiger partial charge in [-0.25, -0.2) is 19.4 Å². The van der Waals surface area contributed by atoms with Crippen molar-refractivity contribution < 1.29 is 29.0 Å². The Morgan fingerprint density at radius 1 is 0.766 bits per heavy atom. The maximum absolute atomic E-state index is 13.3. The fourth-order valence-corrected chi connectivity index (χ4v) is 4.73. The van der Waals surface area contributed by atoms with Crippen molar-refractivity contribution in [2.45, 2.75) is 32.3 Å². The number of hydrogen-bond donors (Lipinski definition) is 5. The first-order valence-electron chi connectivity index (χ1n) is 14.9. The SMILES string of the molecule is O=C(NC(CNC(=O)c1ccc(CN(Cc2nc3ccccc3[nH]2)C(=O)NCc2ccccc2)cc1)C(=O)O)OCc1ccccc1. The third-order valence-electron chi connectivity index (χ3n) is 7.21. The number of fused-ring (bicyclic) bond motifs is 1. The molecule has 1 unspecified atom stereocenters. The minimum absolute atomic E-state index is 0.0257. The average Bonchev–Trinajstić information content (AvgIpc) is 3.51. The van der Waals surface area contributed by atoms with Crippen molar-refractivity contribution in [1.29, 1.82) is 0 Å². The van der Waals surface area contributed by atoms with E-state index in [0.29, 0.717) is 12.4 Å². The van der Waals surface area contributed by atoms with E-state index in [-0.39, 0.29) is 37.8 Å². The summed E-state index contributed by atoms with van der Waals surface area (Å²) in [5, 5.41) is 17.3. The number of aliphatic carboxylic acids is 1. The van der Waals surface area contributed by atoms with E-state index in [1.165, 1.54) is 0 Å². The number of rotatable bonds is 13. The molecule has 5 rings (SSSR count). The summed E-state index contributed by atoms with van der Waals surface area (Å²) in [5.74, 6) is -1.23. The van der Waals surface area contributed by atoms with Gasteiger partial charge < -0.3 is 35.7 Å². The number of nitrogens with one attached hydrogen (secondary N) is 4. The molecular weight excluding hydrogens is 600 g/mol. The standard InChI is InChI=1S/C35H34N6O6/c42-32(36-20-30(33(43)44)40-35(46)47-23-26-11-5-2-6-12-26)27-17-15-25(16-18-27)21-41(34(45)37-19-24-9-3-1-4-10-24)22-31-38-28-13-7-8-14-29(28)39-31/h1-18,30H,19-23H2,(H,36,42)(H,37,45)(H,38,39)(H,40,46)(H,43,44). The van der Waals surface area contributed by atoms with Crippen molar-refractivity contribution in [3.8, 4) is 0 Å². The van der Waals surface area contributed by atoms with E-state index >= 15 is 0 Å². The molecule has 0 aliphatic carbocycles. The van der Waals surface area contributed by atoms with Gasteiger partial charge in [0.2, 0.25) is 0 Å². The summed E-state index contributed by atoms with van der Waals surface area (Å²) >= 11 is 0. The first kappa shape index (κ1) is 32.2. The second kappa shape index (κ2) is 15.7. The number of nitrogens with zero attached hydrogens (tertiary/aromatic N) is 2. The molecule has 0 spiro atoms. The monoisotopic (exact) mass is 634 g/mol. The van der Waals surface area contributed by atoms with E-state index in [4.69, 9.17) is 4.74 Å². The molecule has 0 aliphatic rings. The largest absolute Gasteiger partial charge is 0.480 e. The van der Waals surface area contributed by atoms with Crippen molar-refractivity contribution in [2.24, 2.45) is 0 Å². The van der Waals surface area contributed by atoms with Gasteiger partial charge in [0.15, 0.2) is 0 Å². The zero-order chi connectivity index (χ0) is 33.0. The van der Waals surface area contributed by atoms with Crippen LogP contribution in [-0.4, -0.2) is 56.6 Å². The Morgan fingerprint density at radius 2 is 1.43 bits per heavy atom. The minimum Gasteiger partial charge on any atom is -0.480 e. The number of carboxylic acid groups (broad SMARTS) is 1. The van der Waals surface area contributed by atoms with Crippen LogP contribution in [0.2, 0.25) is 0 Å². The predicted octanol–water partition coefficient (Wildman–Crippen LogP) is 4.58. The molecule has 5 aromatic rings. The third-order valence-corrected chi connectivity index (χ3v) is 7.21. The lowest BCUT2D eigenvalue weighted by atomic mass is 10.1. The van der Waals surface area contributed by atoms with Crippen LogP contribution in [0.1, 0.15) is 32.9 Å². The molecule has 47 heavy (non-hydrogen) atoms. The Hall–Kier alpha value is -6.17. The van der Waals surface area contributed by atoms with Crippen molar-refractivity contribution in [3.63, 3.8) is 0 Å². The lowest BCUT2D eigenvalue weighted by molar-refractivity contribution is -0.139. The Bertz CT molecular complexity index is 1780. The Kier molecular flexibility index (Phi) is 10.8. The van der Waals surface area contributed by atoms with Crippen molar-refractivity contribution >= 4 is 35.0 Å². The molecule has 5 N–H and O–H groups in total. The van der Waals surface area contributed by atoms with Crippen LogP contribution >= 0.6 is 0 Å². The molecule has 1 heterocycles. The smallest absolute Gasteiger partial charge is 0.408 e. The number of alkyl carbamates (subject to hydrolysis) is 1. The maximum Gasteiger partial charge on any atom is 0.408 e. The van der Waals surface area contributed by atoms with Crippen LogP contribution in [0.5, 0.6) is 0 Å². The van der Waals surface area contributed by atoms with Gasteiger partial charge in [0.25, 0.3) is 5.91 Å². The first-order chi connectivity index (χ1) is 22.8. The number of aromatic amines is 1. The van der Waals surface area contributed by atoms with Crippen molar-refractivity contribution in [1.82, 2.24) is 30.8 Å². The first-order valence-corrected chi connectivity index (χ1v) is 14.9. The number of H-pyrrole nitrogens is 1. The highest BCUT2D eigenvalue weighted by atomic mass is 16.5. The van der Waals surface area contributed by atoms with E-state index in [1.54, 1.807) is 53.4 Å². The number of urea groups is 1. The number of para-hydroxylation sites is 2. The van der Waals surface area contributed by atoms with Gasteiger partial charge in [-0.15, -0.1) is 0 Å². The van der Waals surface area contributed by atoms with E-state index in [1.807, 2.05) is 60.7 Å². The number of carbonyl (C=O) groups is 4. The molecule has 0 bridgehead atoms. The molecule has 0 fully saturated rings. The minimum atomic E-state index is -1.40. The van der Waals surface area contributed by atoms with Gasteiger partial charge in [0.1, 0.15) is 18.5 Å². The topological polar surface area (TPSA) is 166 Å². The summed E-state index contributed by atoms with van der Waals surface area (Å²) in [6.45, 7) is 0.419. The van der Waals surface area contributed by atoms with Crippen LogP contribution in [0.4, 0.5) is 9.59 Å². The van der Waals surface area contributed by atoms with Gasteiger partial charge in [-0.05, 0) is 41.0 Å². The normalized spacial score (nSPS) is 11.3. The van der Waals surface area contributed by atoms with E-state index in [0.717, 1.165) is 27.7 Å². The molecule has 1 aromatic heterocycles. The summed E-state index contributed by atoms with van der Waals surface area (Å²) in [4.78, 5) is 59.5. The number of hydrogen-bond acceptors (Lipinski definition) is 6. The zero-order valence-corrected chi connectivity index (χ0v) is 25.4. The van der Waals surface area contributed by atoms with Crippen LogP contribution in [0.15, 0.2) is 109 Å². The Morgan fingerprint density at radius 3 is 2.11 bits per heavy atom. The lowest BCUT2D eigenvalue weighted by Crippen LogP contribution is -2.48. The fourth-order valence-electron chi connectivity index (χ4n) is 4.73. The third kappa shape index (κ3) is 9.41. The molecule has 240 valence electrons. The van der Waals surface area contributed by atoms with E-state index in [9.17, 15) is 24.3 Å². The molecule has 0 saturated heterocycles. The summed E-state index contributed by atoms with van der Waals surface area (Å²) in [7, 11) is 0. The van der Waals surface area contributed by atoms with Crippen LogP contribution in [0.25, 0.3) is 11.0 Å². The summed E-state index contributed by atoms with van der Waals surface area (Å²) < 4.78 is 5.09. The highest BCUT2D eigenvalue weighted by Gasteiger charge is 2.22. The van der Waals surface area contributed by atoms with Crippen LogP contribution in [-0.2, 0) is 35.8 Å². The zero-order valence-electron chi connectivity index (χ0n) is 25.4. The number of imidazole rings is 1. The van der Waals surface area contributed by atoms with E-state index < -0.39 is 24.0 Å². The molecule has 1 atom stereocenters. The number of ether oxygens (including phenoxy) is 1. The summed E-state index contributed by atoms with van der Waals surface area (Å²) in [6, 6.07) is 31.1. The van der Waals surface area contributed by atoms with Crippen LogP contribution < -0.4 is 16.0 Å². The van der Waals surface area contributed by atoms with Crippen LogP contribution in [0, 0.1) is 0 Å². The molecule has 12 heteroatoms. The summed E-state index contributed by atoms with van der Waals surface area (Å²) in [5.41, 5.74) is 4.42. The van der Waals surface area contributed by atoms with Gasteiger partial charge in [-0.1, -0.05) is 84.9 Å². The number of aromatic nitrogens is 2. The quantitative estimate of drug-likeness (QED) is 0.126. The average molecular weight is 635 g/mol. The lowest BCUT2D eigenvalue weighted by Gasteiger charge is -2.22. The molecule has 0 radical (unpaired) electrons. The highest BCUT2D eigenvalue weighted by Crippen LogP contribution is 2.15. The number of amides is 4. The van der Waals surface area contributed by atoms with Crippen molar-refractivity contribution in [2.75, 3.05) is 6.54 Å². The van der Waals surface area contributed by atoms with Gasteiger partial charge >= 0.3 is 18.1 Å². The Balaban J connectivity index is 1.18. The van der Waals surface area contributed by atoms with Crippen molar-refractivity contribution in [3.05, 3.63) is 137 Å². The predicted molar refractivity (Wildman–Crippen MR) is 174 cm³/mol. The summed E-state index contributed by atoms with van der Waals surface area (Å²) in [6.07, 6.45) is -0.917. The van der Waals surface area contributed by atoms with Gasteiger partial charge in [-0.2, -0.15) is 0 Å². The second-order valence-corrected chi connectivity index (χ2v) is 10.7. The van der Waals surface area contributed by atoms with Gasteiger partial charge in [0, 0.05) is 25.2 Å². The number of benzene rings is 4. The second-order valence-electron chi connectivity index (χ2n) is 10.7. The Labute approximate surface area is 270 Å². The molecule has 0 aliphatic heterocycles. The molecule has 12 nitrogen and oxygen atoms in total. The molecule has 4 amide bonds. The molecular formula is C35H34N6O6. The highest BCUT2D eigenvalue weighted by molar-refractivity contribution is 5.94. The molecule has 0 saturated carbocycles. The van der Waals surface area contributed by atoms with Gasteiger partial charge in [-0.3, -0.25) is 4.79 Å². The number of carboxylic acids is 1. The van der Waals surface area contributed by atoms with Crippen LogP contribution in [0.3, 0.4) is 0 Å². The fraction of sp³-hybridized carbons (Fsp3) is 0.171. The van der Waals surface area contributed by atoms with Gasteiger partial charge in [0.05, 0.1) is 17.6 Å².